The highest BCUT2D eigenvalue weighted by atomic mass is 16.6. The molecule has 7 heteroatoms. The summed E-state index contributed by atoms with van der Waals surface area (Å²) in [4.78, 5) is 41.3. The monoisotopic (exact) mass is 524 g/mol. The van der Waals surface area contributed by atoms with Crippen LogP contribution in [-0.2, 0) is 19.1 Å². The molecule has 0 aromatic rings. The van der Waals surface area contributed by atoms with Gasteiger partial charge in [0.25, 0.3) is 0 Å². The fourth-order valence-corrected chi connectivity index (χ4v) is 5.08. The van der Waals surface area contributed by atoms with E-state index in [0.29, 0.717) is 19.5 Å². The summed E-state index contributed by atoms with van der Waals surface area (Å²) in [7, 11) is 1.34. The summed E-state index contributed by atoms with van der Waals surface area (Å²) in [6.07, 6.45) is 17.1. The van der Waals surface area contributed by atoms with Gasteiger partial charge in [0.2, 0.25) is 5.91 Å². The molecule has 2 amide bonds. The van der Waals surface area contributed by atoms with E-state index in [0.717, 1.165) is 25.7 Å². The Morgan fingerprint density at radius 2 is 1.35 bits per heavy atom. The quantitative estimate of drug-likeness (QED) is 0.150. The van der Waals surface area contributed by atoms with Crippen LogP contribution in [0.5, 0.6) is 0 Å². The van der Waals surface area contributed by atoms with Gasteiger partial charge in [-0.3, -0.25) is 9.59 Å². The third-order valence-corrected chi connectivity index (χ3v) is 7.07. The average molecular weight is 525 g/mol. The molecule has 1 aliphatic rings. The Balaban J connectivity index is 2.44. The molecule has 1 aliphatic heterocycles. The van der Waals surface area contributed by atoms with E-state index in [9.17, 15) is 14.4 Å². The maximum Gasteiger partial charge on any atom is 0.410 e. The lowest BCUT2D eigenvalue weighted by molar-refractivity contribution is -0.149. The zero-order valence-corrected chi connectivity index (χ0v) is 24.8. The second-order valence-electron chi connectivity index (χ2n) is 12.0. The Labute approximate surface area is 227 Å². The number of amides is 2. The fourth-order valence-electron chi connectivity index (χ4n) is 5.08. The lowest BCUT2D eigenvalue weighted by Crippen LogP contribution is -2.55. The van der Waals surface area contributed by atoms with E-state index in [2.05, 4.69) is 13.8 Å². The number of esters is 1. The van der Waals surface area contributed by atoms with Crippen molar-refractivity contribution in [2.75, 3.05) is 26.7 Å². The molecule has 0 saturated carbocycles. The molecule has 0 bridgehead atoms. The van der Waals surface area contributed by atoms with Crippen molar-refractivity contribution in [3.05, 3.63) is 0 Å². The number of nitrogens with zero attached hydrogens (tertiary/aromatic N) is 2. The Hall–Kier alpha value is -1.79. The van der Waals surface area contributed by atoms with Crippen molar-refractivity contribution in [2.24, 2.45) is 5.92 Å². The Kier molecular flexibility index (Phi) is 16.6. The van der Waals surface area contributed by atoms with E-state index in [1.807, 2.05) is 20.8 Å². The Bertz CT molecular complexity index is 661. The van der Waals surface area contributed by atoms with Crippen LogP contribution in [0.4, 0.5) is 4.79 Å². The standard InChI is InChI=1S/C30H56N2O5/c1-7-8-9-10-11-12-13-14-15-16-17-18-19-20-27(33)32(24-28(34)36-6)26-21-25(2)22-31(23-26)29(35)37-30(3,4)5/h25-26H,7-24H2,1-6H3/t25-,26-/m0/s1. The van der Waals surface area contributed by atoms with Crippen molar-refractivity contribution in [3.8, 4) is 0 Å². The van der Waals surface area contributed by atoms with Gasteiger partial charge >= 0.3 is 12.1 Å². The zero-order chi connectivity index (χ0) is 27.7. The maximum absolute atomic E-state index is 13.2. The van der Waals surface area contributed by atoms with Crippen molar-refractivity contribution in [1.29, 1.82) is 0 Å². The van der Waals surface area contributed by atoms with Crippen LogP contribution in [0.1, 0.15) is 131 Å². The van der Waals surface area contributed by atoms with Crippen LogP contribution >= 0.6 is 0 Å². The van der Waals surface area contributed by atoms with Crippen LogP contribution in [0.25, 0.3) is 0 Å². The van der Waals surface area contributed by atoms with E-state index in [1.165, 1.54) is 71.3 Å². The molecule has 0 aliphatic carbocycles. The average Bonchev–Trinajstić information content (AvgIpc) is 2.83. The van der Waals surface area contributed by atoms with E-state index in [-0.39, 0.29) is 30.5 Å². The first-order chi connectivity index (χ1) is 17.6. The van der Waals surface area contributed by atoms with Crippen molar-refractivity contribution < 1.29 is 23.9 Å². The topological polar surface area (TPSA) is 76.2 Å². The highest BCUT2D eigenvalue weighted by Crippen LogP contribution is 2.24. The van der Waals surface area contributed by atoms with Crippen molar-refractivity contribution in [2.45, 2.75) is 143 Å². The van der Waals surface area contributed by atoms with Crippen LogP contribution in [0.3, 0.4) is 0 Å². The molecule has 1 rings (SSSR count). The molecule has 1 heterocycles. The van der Waals surface area contributed by atoms with Crippen LogP contribution < -0.4 is 0 Å². The molecule has 0 N–H and O–H groups in total. The summed E-state index contributed by atoms with van der Waals surface area (Å²) in [5, 5.41) is 0. The van der Waals surface area contributed by atoms with Gasteiger partial charge in [0.05, 0.1) is 13.2 Å². The van der Waals surface area contributed by atoms with Gasteiger partial charge in [0.15, 0.2) is 0 Å². The van der Waals surface area contributed by atoms with Crippen LogP contribution in [0, 0.1) is 5.92 Å². The van der Waals surface area contributed by atoms with Crippen molar-refractivity contribution in [3.63, 3.8) is 0 Å². The molecule has 0 aromatic heterocycles. The zero-order valence-electron chi connectivity index (χ0n) is 24.8. The summed E-state index contributed by atoms with van der Waals surface area (Å²) >= 11 is 0. The number of unbranched alkanes of at least 4 members (excludes halogenated alkanes) is 12. The minimum atomic E-state index is -0.580. The first kappa shape index (κ1) is 33.2. The van der Waals surface area contributed by atoms with Crippen LogP contribution in [0.15, 0.2) is 0 Å². The first-order valence-corrected chi connectivity index (χ1v) is 14.9. The van der Waals surface area contributed by atoms with E-state index < -0.39 is 11.6 Å². The molecule has 1 fully saturated rings. The number of carbonyl (C=O) groups excluding carboxylic acids is 3. The molecule has 0 aromatic carbocycles. The van der Waals surface area contributed by atoms with Crippen molar-refractivity contribution >= 4 is 18.0 Å². The molecule has 216 valence electrons. The summed E-state index contributed by atoms with van der Waals surface area (Å²) in [6.45, 7) is 10.7. The van der Waals surface area contributed by atoms with Gasteiger partial charge in [-0.1, -0.05) is 90.9 Å². The normalized spacial score (nSPS) is 17.9. The van der Waals surface area contributed by atoms with Gasteiger partial charge in [0, 0.05) is 19.5 Å². The Morgan fingerprint density at radius 1 is 0.838 bits per heavy atom. The summed E-state index contributed by atoms with van der Waals surface area (Å²) in [6, 6.07) is -0.218. The maximum atomic E-state index is 13.2. The van der Waals surface area contributed by atoms with Gasteiger partial charge in [-0.05, 0) is 39.5 Å². The minimum absolute atomic E-state index is 0.0308. The third kappa shape index (κ3) is 15.3. The van der Waals surface area contributed by atoms with Gasteiger partial charge in [-0.15, -0.1) is 0 Å². The lowest BCUT2D eigenvalue weighted by Gasteiger charge is -2.41. The minimum Gasteiger partial charge on any atom is -0.468 e. The number of rotatable bonds is 17. The molecule has 0 unspecified atom stereocenters. The molecule has 37 heavy (non-hydrogen) atoms. The summed E-state index contributed by atoms with van der Waals surface area (Å²) in [5.41, 5.74) is -0.580. The third-order valence-electron chi connectivity index (χ3n) is 7.07. The van der Waals surface area contributed by atoms with E-state index in [4.69, 9.17) is 9.47 Å². The molecular weight excluding hydrogens is 468 g/mol. The molecular formula is C30H56N2O5. The SMILES string of the molecule is CCCCCCCCCCCCCCCC(=O)N(CC(=O)OC)[C@H]1C[C@H](C)CN(C(=O)OC(C)(C)C)C1. The van der Waals surface area contributed by atoms with E-state index in [1.54, 1.807) is 9.80 Å². The van der Waals surface area contributed by atoms with Gasteiger partial charge in [-0.2, -0.15) is 0 Å². The predicted octanol–water partition coefficient (Wildman–Crippen LogP) is 7.11. The molecule has 0 spiro atoms. The Morgan fingerprint density at radius 3 is 1.84 bits per heavy atom. The smallest absolute Gasteiger partial charge is 0.410 e. The fraction of sp³-hybridized carbons (Fsp3) is 0.900. The predicted molar refractivity (Wildman–Crippen MR) is 149 cm³/mol. The number of carbonyl (C=O) groups is 3. The highest BCUT2D eigenvalue weighted by Gasteiger charge is 2.36. The first-order valence-electron chi connectivity index (χ1n) is 14.9. The molecule has 0 radical (unpaired) electrons. The molecule has 2 atom stereocenters. The second kappa shape index (κ2) is 18.5. The number of likely N-dealkylation sites (tertiary alicyclic amines) is 1. The molecule has 1 saturated heterocycles. The number of hydrogen-bond donors (Lipinski definition) is 0. The van der Waals surface area contributed by atoms with Crippen LogP contribution in [0.2, 0.25) is 0 Å². The van der Waals surface area contributed by atoms with Crippen molar-refractivity contribution in [1.82, 2.24) is 9.80 Å². The highest BCUT2D eigenvalue weighted by molar-refractivity contribution is 5.82. The largest absolute Gasteiger partial charge is 0.468 e. The lowest BCUT2D eigenvalue weighted by atomic mass is 9.94. The molecule has 7 nitrogen and oxygen atoms in total. The van der Waals surface area contributed by atoms with Gasteiger partial charge in [0.1, 0.15) is 12.1 Å². The van der Waals surface area contributed by atoms with Gasteiger partial charge < -0.3 is 19.3 Å². The van der Waals surface area contributed by atoms with Crippen LogP contribution in [-0.4, -0.2) is 66.2 Å². The summed E-state index contributed by atoms with van der Waals surface area (Å²) in [5.74, 6) is -0.256. The number of methoxy groups -OCH3 is 1. The summed E-state index contributed by atoms with van der Waals surface area (Å²) < 4.78 is 10.4. The van der Waals surface area contributed by atoms with Gasteiger partial charge in [-0.25, -0.2) is 4.79 Å². The number of piperidine rings is 1. The number of ether oxygens (including phenoxy) is 2. The number of hydrogen-bond acceptors (Lipinski definition) is 5. The second-order valence-corrected chi connectivity index (χ2v) is 12.0. The van der Waals surface area contributed by atoms with E-state index >= 15 is 0 Å².